The van der Waals surface area contributed by atoms with Gasteiger partial charge in [0.25, 0.3) is 5.91 Å². The largest absolute Gasteiger partial charge is 0.497 e. The third-order valence-corrected chi connectivity index (χ3v) is 3.86. The van der Waals surface area contributed by atoms with Crippen molar-refractivity contribution in [1.29, 1.82) is 0 Å². The summed E-state index contributed by atoms with van der Waals surface area (Å²) >= 11 is 0. The van der Waals surface area contributed by atoms with Crippen molar-refractivity contribution in [2.24, 2.45) is 0 Å². The van der Waals surface area contributed by atoms with Crippen molar-refractivity contribution < 1.29 is 9.53 Å². The van der Waals surface area contributed by atoms with Gasteiger partial charge in [0.15, 0.2) is 0 Å². The molecular formula is C20H20N4O2. The van der Waals surface area contributed by atoms with E-state index in [1.807, 2.05) is 26.0 Å². The number of benzene rings is 2. The summed E-state index contributed by atoms with van der Waals surface area (Å²) < 4.78 is 5.11. The Bertz CT molecular complexity index is 923. The van der Waals surface area contributed by atoms with Crippen LogP contribution in [0.3, 0.4) is 0 Å². The highest BCUT2D eigenvalue weighted by Crippen LogP contribution is 2.20. The number of rotatable bonds is 5. The van der Waals surface area contributed by atoms with Crippen LogP contribution in [0.25, 0.3) is 0 Å². The molecule has 3 rings (SSSR count). The maximum absolute atomic E-state index is 12.4. The van der Waals surface area contributed by atoms with Crippen LogP contribution in [0.5, 0.6) is 5.75 Å². The zero-order valence-electron chi connectivity index (χ0n) is 14.9. The lowest BCUT2D eigenvalue weighted by Gasteiger charge is -2.10. The van der Waals surface area contributed by atoms with Gasteiger partial charge in [-0.15, -0.1) is 0 Å². The maximum Gasteiger partial charge on any atom is 0.274 e. The highest BCUT2D eigenvalue weighted by Gasteiger charge is 2.10. The lowest BCUT2D eigenvalue weighted by molar-refractivity contribution is 0.102. The molecule has 0 aliphatic heterocycles. The molecule has 3 aromatic rings. The molecule has 2 N–H and O–H groups in total. The monoisotopic (exact) mass is 348 g/mol. The first kappa shape index (κ1) is 17.4. The highest BCUT2D eigenvalue weighted by atomic mass is 16.5. The number of carbonyl (C=O) groups excluding carboxylic acids is 1. The fourth-order valence-corrected chi connectivity index (χ4v) is 2.49. The van der Waals surface area contributed by atoms with Gasteiger partial charge in [-0.3, -0.25) is 4.79 Å². The molecule has 0 saturated carbocycles. The fraction of sp³-hybridized carbons (Fsp3) is 0.150. The third kappa shape index (κ3) is 4.16. The van der Waals surface area contributed by atoms with Gasteiger partial charge >= 0.3 is 0 Å². The second-order valence-corrected chi connectivity index (χ2v) is 5.89. The maximum atomic E-state index is 12.4. The molecular weight excluding hydrogens is 328 g/mol. The van der Waals surface area contributed by atoms with Crippen LogP contribution < -0.4 is 15.4 Å². The van der Waals surface area contributed by atoms with E-state index in [1.165, 1.54) is 5.56 Å². The Morgan fingerprint density at radius 1 is 1.04 bits per heavy atom. The minimum Gasteiger partial charge on any atom is -0.497 e. The van der Waals surface area contributed by atoms with Gasteiger partial charge in [0.05, 0.1) is 7.11 Å². The minimum absolute atomic E-state index is 0.281. The van der Waals surface area contributed by atoms with Gasteiger partial charge in [-0.25, -0.2) is 9.97 Å². The number of nitrogens with zero attached hydrogens (tertiary/aromatic N) is 2. The summed E-state index contributed by atoms with van der Waals surface area (Å²) in [5.41, 5.74) is 4.12. The van der Waals surface area contributed by atoms with Crippen molar-refractivity contribution in [2.75, 3.05) is 17.7 Å². The number of hydrogen-bond donors (Lipinski definition) is 2. The van der Waals surface area contributed by atoms with Crippen LogP contribution in [0.2, 0.25) is 0 Å². The molecule has 0 saturated heterocycles. The first-order valence-electron chi connectivity index (χ1n) is 8.18. The first-order valence-corrected chi connectivity index (χ1v) is 8.18. The summed E-state index contributed by atoms with van der Waals surface area (Å²) in [7, 11) is 1.60. The van der Waals surface area contributed by atoms with Gasteiger partial charge in [-0.2, -0.15) is 0 Å². The van der Waals surface area contributed by atoms with E-state index in [9.17, 15) is 4.79 Å². The van der Waals surface area contributed by atoms with Crippen molar-refractivity contribution in [3.63, 3.8) is 0 Å². The Morgan fingerprint density at radius 3 is 2.50 bits per heavy atom. The summed E-state index contributed by atoms with van der Waals surface area (Å²) in [6.45, 7) is 4.05. The average molecular weight is 348 g/mol. The van der Waals surface area contributed by atoms with Crippen molar-refractivity contribution in [3.05, 3.63) is 71.5 Å². The molecule has 1 heterocycles. The molecule has 1 aromatic heterocycles. The summed E-state index contributed by atoms with van der Waals surface area (Å²) in [6.07, 6.45) is 1.56. The van der Waals surface area contributed by atoms with Crippen molar-refractivity contribution in [1.82, 2.24) is 9.97 Å². The average Bonchev–Trinajstić information content (AvgIpc) is 2.65. The van der Waals surface area contributed by atoms with Gasteiger partial charge < -0.3 is 15.4 Å². The standard InChI is InChI=1S/C20H20N4O2/c1-13-4-9-17(14(2)12-13)23-20-21-11-10-18(24-20)19(25)22-15-5-7-16(26-3)8-6-15/h4-12H,1-3H3,(H,22,25)(H,21,23,24). The van der Waals surface area contributed by atoms with Crippen LogP contribution in [-0.4, -0.2) is 23.0 Å². The summed E-state index contributed by atoms with van der Waals surface area (Å²) in [5.74, 6) is 0.797. The molecule has 26 heavy (non-hydrogen) atoms. The van der Waals surface area contributed by atoms with Gasteiger partial charge in [0, 0.05) is 17.6 Å². The smallest absolute Gasteiger partial charge is 0.274 e. The van der Waals surface area contributed by atoms with E-state index < -0.39 is 0 Å². The molecule has 0 aliphatic rings. The van der Waals surface area contributed by atoms with E-state index in [0.717, 1.165) is 17.0 Å². The Morgan fingerprint density at radius 2 is 1.81 bits per heavy atom. The molecule has 1 amide bonds. The number of anilines is 3. The quantitative estimate of drug-likeness (QED) is 0.726. The number of aryl methyl sites for hydroxylation is 2. The molecule has 6 heteroatoms. The molecule has 132 valence electrons. The molecule has 0 aliphatic carbocycles. The Labute approximate surface area is 152 Å². The van der Waals surface area contributed by atoms with Crippen molar-refractivity contribution >= 4 is 23.2 Å². The lowest BCUT2D eigenvalue weighted by Crippen LogP contribution is -2.14. The van der Waals surface area contributed by atoms with Crippen LogP contribution in [0.15, 0.2) is 54.7 Å². The number of ether oxygens (including phenoxy) is 1. The zero-order chi connectivity index (χ0) is 18.5. The normalized spacial score (nSPS) is 10.3. The van der Waals surface area contributed by atoms with Crippen molar-refractivity contribution in [2.45, 2.75) is 13.8 Å². The fourth-order valence-electron chi connectivity index (χ4n) is 2.49. The molecule has 0 unspecified atom stereocenters. The molecule has 0 bridgehead atoms. The van der Waals surface area contributed by atoms with E-state index in [-0.39, 0.29) is 11.6 Å². The molecule has 0 fully saturated rings. The number of hydrogen-bond acceptors (Lipinski definition) is 5. The molecule has 6 nitrogen and oxygen atoms in total. The van der Waals surface area contributed by atoms with Gasteiger partial charge in [-0.05, 0) is 55.8 Å². The number of methoxy groups -OCH3 is 1. The molecule has 2 aromatic carbocycles. The topological polar surface area (TPSA) is 76.1 Å². The summed E-state index contributed by atoms with van der Waals surface area (Å²) in [5, 5.41) is 5.96. The number of aromatic nitrogens is 2. The predicted molar refractivity (Wildman–Crippen MR) is 102 cm³/mol. The Balaban J connectivity index is 1.74. The molecule has 0 spiro atoms. The SMILES string of the molecule is COc1ccc(NC(=O)c2ccnc(Nc3ccc(C)cc3C)n2)cc1. The number of carbonyl (C=O) groups is 1. The van der Waals surface area contributed by atoms with E-state index in [4.69, 9.17) is 4.74 Å². The van der Waals surface area contributed by atoms with E-state index in [2.05, 4.69) is 26.7 Å². The van der Waals surface area contributed by atoms with Crippen LogP contribution in [0.4, 0.5) is 17.3 Å². The van der Waals surface area contributed by atoms with E-state index >= 15 is 0 Å². The van der Waals surface area contributed by atoms with Crippen molar-refractivity contribution in [3.8, 4) is 5.75 Å². The van der Waals surface area contributed by atoms with Crippen LogP contribution in [0.1, 0.15) is 21.6 Å². The van der Waals surface area contributed by atoms with E-state index in [1.54, 1.807) is 43.6 Å². The number of amides is 1. The zero-order valence-corrected chi connectivity index (χ0v) is 14.9. The predicted octanol–water partition coefficient (Wildman–Crippen LogP) is 4.10. The van der Waals surface area contributed by atoms with Crippen LogP contribution in [-0.2, 0) is 0 Å². The molecule has 0 radical (unpaired) electrons. The van der Waals surface area contributed by atoms with Crippen LogP contribution >= 0.6 is 0 Å². The summed E-state index contributed by atoms with van der Waals surface area (Å²) in [4.78, 5) is 20.9. The minimum atomic E-state index is -0.304. The third-order valence-electron chi connectivity index (χ3n) is 3.86. The lowest BCUT2D eigenvalue weighted by atomic mass is 10.1. The number of nitrogens with one attached hydrogen (secondary N) is 2. The van der Waals surface area contributed by atoms with Crippen LogP contribution in [0, 0.1) is 13.8 Å². The van der Waals surface area contributed by atoms with Gasteiger partial charge in [0.1, 0.15) is 11.4 Å². The van der Waals surface area contributed by atoms with Gasteiger partial charge in [0.2, 0.25) is 5.95 Å². The Kier molecular flexibility index (Phi) is 5.12. The second kappa shape index (κ2) is 7.65. The Hall–Kier alpha value is -3.41. The van der Waals surface area contributed by atoms with Gasteiger partial charge in [-0.1, -0.05) is 17.7 Å². The first-order chi connectivity index (χ1) is 12.5. The highest BCUT2D eigenvalue weighted by molar-refractivity contribution is 6.03. The summed E-state index contributed by atoms with van der Waals surface area (Å²) in [6, 6.07) is 14.7. The molecule has 0 atom stereocenters. The van der Waals surface area contributed by atoms with E-state index in [0.29, 0.717) is 11.6 Å². The second-order valence-electron chi connectivity index (χ2n) is 5.89.